The highest BCUT2D eigenvalue weighted by Crippen LogP contribution is 2.25. The van der Waals surface area contributed by atoms with E-state index in [1.54, 1.807) is 0 Å². The van der Waals surface area contributed by atoms with Gasteiger partial charge in [0.2, 0.25) is 0 Å². The lowest BCUT2D eigenvalue weighted by Gasteiger charge is -2.20. The number of nitrogens with zero attached hydrogens (tertiary/aromatic N) is 1. The van der Waals surface area contributed by atoms with Crippen molar-refractivity contribution in [1.29, 1.82) is 0 Å². The molecule has 0 amide bonds. The van der Waals surface area contributed by atoms with Crippen LogP contribution in [0.4, 0.5) is 5.69 Å². The van der Waals surface area contributed by atoms with Gasteiger partial charge in [-0.2, -0.15) is 0 Å². The fraction of sp³-hybridized carbons (Fsp3) is 0.286. The Labute approximate surface area is 92.7 Å². The Morgan fingerprint density at radius 2 is 2.13 bits per heavy atom. The third-order valence-corrected chi connectivity index (χ3v) is 2.56. The predicted octanol–water partition coefficient (Wildman–Crippen LogP) is 3.82. The van der Waals surface area contributed by atoms with Crippen LogP contribution in [-0.4, -0.2) is 13.6 Å². The second-order valence-corrected chi connectivity index (χ2v) is 3.50. The summed E-state index contributed by atoms with van der Waals surface area (Å²) in [5.41, 5.74) is 3.69. The highest BCUT2D eigenvalue weighted by Gasteiger charge is 2.05. The first kappa shape index (κ1) is 11.6. The second-order valence-electron chi connectivity index (χ2n) is 3.50. The first-order valence-electron chi connectivity index (χ1n) is 5.33. The topological polar surface area (TPSA) is 3.24 Å². The number of hydrogen-bond donors (Lipinski definition) is 0. The van der Waals surface area contributed by atoms with Crippen LogP contribution >= 0.6 is 0 Å². The zero-order chi connectivity index (χ0) is 11.3. The summed E-state index contributed by atoms with van der Waals surface area (Å²) >= 11 is 0. The van der Waals surface area contributed by atoms with E-state index in [1.165, 1.54) is 16.8 Å². The highest BCUT2D eigenvalue weighted by molar-refractivity contribution is 5.76. The molecule has 80 valence electrons. The van der Waals surface area contributed by atoms with E-state index < -0.39 is 0 Å². The molecule has 0 saturated heterocycles. The number of rotatable bonds is 4. The highest BCUT2D eigenvalue weighted by atomic mass is 15.1. The van der Waals surface area contributed by atoms with Crippen molar-refractivity contribution in [2.75, 3.05) is 18.5 Å². The molecule has 0 aliphatic heterocycles. The fourth-order valence-electron chi connectivity index (χ4n) is 1.60. The van der Waals surface area contributed by atoms with Gasteiger partial charge in [0.05, 0.1) is 0 Å². The Morgan fingerprint density at radius 1 is 1.40 bits per heavy atom. The Balaban J connectivity index is 3.30. The van der Waals surface area contributed by atoms with Gasteiger partial charge in [-0.15, -0.1) is 0 Å². The normalized spacial score (nSPS) is 10.6. The Kier molecular flexibility index (Phi) is 4.17. The minimum atomic E-state index is 1.01. The van der Waals surface area contributed by atoms with Gasteiger partial charge in [0.15, 0.2) is 0 Å². The molecule has 0 bridgehead atoms. The van der Waals surface area contributed by atoms with E-state index in [2.05, 4.69) is 55.8 Å². The van der Waals surface area contributed by atoms with E-state index in [0.29, 0.717) is 0 Å². The molecule has 0 N–H and O–H groups in total. The Morgan fingerprint density at radius 3 is 2.67 bits per heavy atom. The maximum absolute atomic E-state index is 3.85. The summed E-state index contributed by atoms with van der Waals surface area (Å²) in [4.78, 5) is 2.24. The van der Waals surface area contributed by atoms with Crippen molar-refractivity contribution in [3.05, 3.63) is 42.0 Å². The molecule has 0 aliphatic rings. The van der Waals surface area contributed by atoms with E-state index in [9.17, 15) is 0 Å². The van der Waals surface area contributed by atoms with Crippen LogP contribution in [0, 0.1) is 0 Å². The van der Waals surface area contributed by atoms with Crippen LogP contribution in [0.5, 0.6) is 0 Å². The van der Waals surface area contributed by atoms with Gasteiger partial charge in [-0.1, -0.05) is 36.9 Å². The van der Waals surface area contributed by atoms with Gasteiger partial charge in [-0.05, 0) is 25.5 Å². The molecule has 1 rings (SSSR count). The summed E-state index contributed by atoms with van der Waals surface area (Å²) in [6.07, 6.45) is 6.11. The molecular weight excluding hydrogens is 182 g/mol. The molecule has 1 aromatic carbocycles. The van der Waals surface area contributed by atoms with Crippen molar-refractivity contribution in [3.8, 4) is 0 Å². The smallest absolute Gasteiger partial charge is 0.0443 e. The van der Waals surface area contributed by atoms with Crippen molar-refractivity contribution in [3.63, 3.8) is 0 Å². The lowest BCUT2D eigenvalue weighted by atomic mass is 10.0. The van der Waals surface area contributed by atoms with E-state index >= 15 is 0 Å². The van der Waals surface area contributed by atoms with Crippen LogP contribution in [0.1, 0.15) is 25.0 Å². The molecular formula is C14H19N. The summed E-state index contributed by atoms with van der Waals surface area (Å²) in [5.74, 6) is 0. The Bertz CT molecular complexity index is 364. The molecule has 0 heterocycles. The summed E-state index contributed by atoms with van der Waals surface area (Å²) in [5, 5.41) is 0. The quantitative estimate of drug-likeness (QED) is 0.716. The van der Waals surface area contributed by atoms with E-state index in [-0.39, 0.29) is 0 Å². The summed E-state index contributed by atoms with van der Waals surface area (Å²) in [7, 11) is 2.11. The molecule has 0 aromatic heterocycles. The maximum Gasteiger partial charge on any atom is 0.0443 e. The van der Waals surface area contributed by atoms with Crippen molar-refractivity contribution >= 4 is 17.8 Å². The van der Waals surface area contributed by atoms with Gasteiger partial charge < -0.3 is 4.90 Å². The van der Waals surface area contributed by atoms with Gasteiger partial charge in [-0.25, -0.2) is 0 Å². The van der Waals surface area contributed by atoms with Crippen molar-refractivity contribution in [2.24, 2.45) is 0 Å². The molecule has 0 aliphatic carbocycles. The molecule has 0 saturated carbocycles. The molecule has 0 radical (unpaired) electrons. The first-order valence-corrected chi connectivity index (χ1v) is 5.33. The van der Waals surface area contributed by atoms with Crippen LogP contribution in [0.25, 0.3) is 12.2 Å². The molecule has 0 spiro atoms. The third kappa shape index (κ3) is 2.50. The van der Waals surface area contributed by atoms with Crippen molar-refractivity contribution in [2.45, 2.75) is 13.8 Å². The summed E-state index contributed by atoms with van der Waals surface area (Å²) in [6.45, 7) is 9.04. The van der Waals surface area contributed by atoms with Gasteiger partial charge in [0, 0.05) is 24.8 Å². The predicted molar refractivity (Wildman–Crippen MR) is 70.2 cm³/mol. The molecule has 1 heteroatoms. The standard InChI is InChI=1S/C14H19N/c1-5-9-13-12(6-2)10-8-11-14(13)15(4)7-3/h5-6,8-11H,2,7H2,1,3-4H3/b9-5-. The molecule has 1 nitrogen and oxygen atoms in total. The van der Waals surface area contributed by atoms with E-state index in [4.69, 9.17) is 0 Å². The average molecular weight is 201 g/mol. The minimum absolute atomic E-state index is 1.01. The van der Waals surface area contributed by atoms with Gasteiger partial charge in [0.1, 0.15) is 0 Å². The number of hydrogen-bond acceptors (Lipinski definition) is 1. The van der Waals surface area contributed by atoms with Gasteiger partial charge in [0.25, 0.3) is 0 Å². The third-order valence-electron chi connectivity index (χ3n) is 2.56. The summed E-state index contributed by atoms with van der Waals surface area (Å²) in [6, 6.07) is 6.31. The van der Waals surface area contributed by atoms with Crippen LogP contribution in [0.15, 0.2) is 30.9 Å². The zero-order valence-corrected chi connectivity index (χ0v) is 9.83. The SMILES string of the molecule is C=Cc1cccc(N(C)CC)c1/C=C\C. The first-order chi connectivity index (χ1) is 7.24. The summed E-state index contributed by atoms with van der Waals surface area (Å²) < 4.78 is 0. The van der Waals surface area contributed by atoms with E-state index in [0.717, 1.165) is 6.54 Å². The Hall–Kier alpha value is -1.50. The van der Waals surface area contributed by atoms with Gasteiger partial charge >= 0.3 is 0 Å². The second kappa shape index (κ2) is 5.40. The van der Waals surface area contributed by atoms with Crippen LogP contribution in [0.3, 0.4) is 0 Å². The molecule has 0 atom stereocenters. The maximum atomic E-state index is 3.85. The number of allylic oxidation sites excluding steroid dienone is 1. The van der Waals surface area contributed by atoms with Crippen molar-refractivity contribution in [1.82, 2.24) is 0 Å². The van der Waals surface area contributed by atoms with Crippen molar-refractivity contribution < 1.29 is 0 Å². The lowest BCUT2D eigenvalue weighted by molar-refractivity contribution is 0.966. The molecule has 0 unspecified atom stereocenters. The van der Waals surface area contributed by atoms with Gasteiger partial charge in [-0.3, -0.25) is 0 Å². The fourth-order valence-corrected chi connectivity index (χ4v) is 1.60. The van der Waals surface area contributed by atoms with Crippen LogP contribution in [-0.2, 0) is 0 Å². The van der Waals surface area contributed by atoms with Crippen LogP contribution in [0.2, 0.25) is 0 Å². The molecule has 15 heavy (non-hydrogen) atoms. The minimum Gasteiger partial charge on any atom is -0.374 e. The lowest BCUT2D eigenvalue weighted by Crippen LogP contribution is -2.17. The number of anilines is 1. The number of benzene rings is 1. The zero-order valence-electron chi connectivity index (χ0n) is 9.83. The molecule has 1 aromatic rings. The molecule has 0 fully saturated rings. The van der Waals surface area contributed by atoms with E-state index in [1.807, 2.05) is 13.0 Å². The van der Waals surface area contributed by atoms with Crippen LogP contribution < -0.4 is 4.90 Å². The average Bonchev–Trinajstić information content (AvgIpc) is 2.28. The monoisotopic (exact) mass is 201 g/mol. The largest absolute Gasteiger partial charge is 0.374 e.